The number of likely N-dealkylation sites (tertiary alicyclic amines) is 1. The lowest BCUT2D eigenvalue weighted by Gasteiger charge is -2.26. The van der Waals surface area contributed by atoms with Crippen molar-refractivity contribution in [1.82, 2.24) is 9.80 Å². The summed E-state index contributed by atoms with van der Waals surface area (Å²) >= 11 is 0. The SMILES string of the molecule is CCCCOc1cccc(/C(O)=C2\C(=O)C(=O)N(CCN(C)C)C2c2ccc(F)cc2)c1. The molecule has 1 amide bonds. The first-order chi connectivity index (χ1) is 15.3. The fraction of sp³-hybridized carbons (Fsp3) is 0.360. The van der Waals surface area contributed by atoms with Crippen LogP contribution in [0.1, 0.15) is 36.9 Å². The monoisotopic (exact) mass is 440 g/mol. The maximum absolute atomic E-state index is 13.5. The summed E-state index contributed by atoms with van der Waals surface area (Å²) in [6.07, 6.45) is 1.89. The van der Waals surface area contributed by atoms with E-state index < -0.39 is 23.5 Å². The molecule has 1 heterocycles. The molecule has 1 unspecified atom stereocenters. The van der Waals surface area contributed by atoms with Crippen LogP contribution in [0.3, 0.4) is 0 Å². The molecule has 170 valence electrons. The highest BCUT2D eigenvalue weighted by molar-refractivity contribution is 6.46. The van der Waals surface area contributed by atoms with Crippen LogP contribution in [0, 0.1) is 5.82 Å². The molecule has 1 aliphatic rings. The van der Waals surface area contributed by atoms with E-state index in [1.54, 1.807) is 24.3 Å². The molecule has 1 atom stereocenters. The van der Waals surface area contributed by atoms with Crippen molar-refractivity contribution in [3.05, 3.63) is 71.0 Å². The van der Waals surface area contributed by atoms with Gasteiger partial charge in [-0.1, -0.05) is 37.6 Å². The maximum Gasteiger partial charge on any atom is 0.295 e. The van der Waals surface area contributed by atoms with Crippen LogP contribution in [-0.2, 0) is 9.59 Å². The number of halogens is 1. The van der Waals surface area contributed by atoms with Gasteiger partial charge in [0.05, 0.1) is 18.2 Å². The molecule has 7 heteroatoms. The number of carbonyl (C=O) groups excluding carboxylic acids is 2. The predicted molar refractivity (Wildman–Crippen MR) is 121 cm³/mol. The Morgan fingerprint density at radius 1 is 1.16 bits per heavy atom. The quantitative estimate of drug-likeness (QED) is 0.276. The molecule has 0 bridgehead atoms. The third-order valence-corrected chi connectivity index (χ3v) is 5.39. The van der Waals surface area contributed by atoms with E-state index in [0.29, 0.717) is 30.0 Å². The van der Waals surface area contributed by atoms with Gasteiger partial charge in [0.2, 0.25) is 0 Å². The number of likely N-dealkylation sites (N-methyl/N-ethyl adjacent to an activating group) is 1. The predicted octanol–water partition coefficient (Wildman–Crippen LogP) is 3.99. The second kappa shape index (κ2) is 10.4. The van der Waals surface area contributed by atoms with E-state index >= 15 is 0 Å². The van der Waals surface area contributed by atoms with E-state index in [1.807, 2.05) is 19.0 Å². The minimum absolute atomic E-state index is 0.00827. The number of rotatable bonds is 9. The minimum Gasteiger partial charge on any atom is -0.507 e. The third-order valence-electron chi connectivity index (χ3n) is 5.39. The molecule has 6 nitrogen and oxygen atoms in total. The maximum atomic E-state index is 13.5. The van der Waals surface area contributed by atoms with Crippen LogP contribution in [-0.4, -0.2) is 60.4 Å². The van der Waals surface area contributed by atoms with Gasteiger partial charge in [0.25, 0.3) is 11.7 Å². The summed E-state index contributed by atoms with van der Waals surface area (Å²) in [7, 11) is 3.74. The van der Waals surface area contributed by atoms with Crippen molar-refractivity contribution >= 4 is 17.4 Å². The lowest BCUT2D eigenvalue weighted by molar-refractivity contribution is -0.140. The van der Waals surface area contributed by atoms with E-state index in [2.05, 4.69) is 6.92 Å². The molecule has 1 N–H and O–H groups in total. The van der Waals surface area contributed by atoms with Crippen LogP contribution in [0.25, 0.3) is 5.76 Å². The molecule has 2 aromatic carbocycles. The number of hydrogen-bond donors (Lipinski definition) is 1. The van der Waals surface area contributed by atoms with Crippen LogP contribution < -0.4 is 4.74 Å². The molecule has 1 fully saturated rings. The molecular weight excluding hydrogens is 411 g/mol. The Hall–Kier alpha value is -3.19. The second-order valence-corrected chi connectivity index (χ2v) is 8.08. The molecule has 3 rings (SSSR count). The van der Waals surface area contributed by atoms with Crippen molar-refractivity contribution in [2.45, 2.75) is 25.8 Å². The number of benzene rings is 2. The number of ketones is 1. The first-order valence-electron chi connectivity index (χ1n) is 10.7. The Bertz CT molecular complexity index is 1000. The van der Waals surface area contributed by atoms with Crippen molar-refractivity contribution in [3.63, 3.8) is 0 Å². The molecule has 0 aromatic heterocycles. The van der Waals surface area contributed by atoms with Gasteiger partial charge in [-0.05, 0) is 50.3 Å². The number of hydrogen-bond acceptors (Lipinski definition) is 5. The summed E-state index contributed by atoms with van der Waals surface area (Å²) in [5.41, 5.74) is 0.934. The van der Waals surface area contributed by atoms with Gasteiger partial charge in [0.15, 0.2) is 0 Å². The molecule has 32 heavy (non-hydrogen) atoms. The topological polar surface area (TPSA) is 70.1 Å². The zero-order chi connectivity index (χ0) is 23.3. The van der Waals surface area contributed by atoms with Crippen LogP contribution in [0.5, 0.6) is 5.75 Å². The standard InChI is InChI=1S/C25H29FN2O4/c1-4-5-15-32-20-8-6-7-18(16-20)23(29)21-22(17-9-11-19(26)12-10-17)28(14-13-27(2)3)25(31)24(21)30/h6-12,16,22,29H,4-5,13-15H2,1-3H3/b23-21+. The van der Waals surface area contributed by atoms with Gasteiger partial charge < -0.3 is 19.6 Å². The van der Waals surface area contributed by atoms with E-state index in [9.17, 15) is 19.1 Å². The lowest BCUT2D eigenvalue weighted by atomic mass is 9.95. The Morgan fingerprint density at radius 2 is 1.88 bits per heavy atom. The van der Waals surface area contributed by atoms with Crippen molar-refractivity contribution in [3.8, 4) is 5.75 Å². The third kappa shape index (κ3) is 5.16. The van der Waals surface area contributed by atoms with Gasteiger partial charge in [0, 0.05) is 18.7 Å². The molecule has 0 spiro atoms. The summed E-state index contributed by atoms with van der Waals surface area (Å²) in [6, 6.07) is 11.6. The molecular formula is C25H29FN2O4. The van der Waals surface area contributed by atoms with Crippen LogP contribution in [0.2, 0.25) is 0 Å². The lowest BCUT2D eigenvalue weighted by Crippen LogP contribution is -2.35. The van der Waals surface area contributed by atoms with Crippen molar-refractivity contribution in [2.24, 2.45) is 0 Å². The summed E-state index contributed by atoms with van der Waals surface area (Å²) < 4.78 is 19.3. The Morgan fingerprint density at radius 3 is 2.53 bits per heavy atom. The zero-order valence-electron chi connectivity index (χ0n) is 18.7. The van der Waals surface area contributed by atoms with Gasteiger partial charge >= 0.3 is 0 Å². The van der Waals surface area contributed by atoms with E-state index in [1.165, 1.54) is 29.2 Å². The number of carbonyl (C=O) groups is 2. The summed E-state index contributed by atoms with van der Waals surface area (Å²) in [5, 5.41) is 11.1. The van der Waals surface area contributed by atoms with Gasteiger partial charge in [-0.2, -0.15) is 0 Å². The molecule has 1 saturated heterocycles. The highest BCUT2D eigenvalue weighted by Gasteiger charge is 2.45. The number of Topliss-reactive ketones (excluding diaryl/α,β-unsaturated/α-hetero) is 1. The number of ether oxygens (including phenoxy) is 1. The van der Waals surface area contributed by atoms with E-state index in [0.717, 1.165) is 12.8 Å². The fourth-order valence-corrected chi connectivity index (χ4v) is 3.63. The van der Waals surface area contributed by atoms with Gasteiger partial charge in [0.1, 0.15) is 17.3 Å². The number of unbranched alkanes of at least 4 members (excludes halogenated alkanes) is 1. The van der Waals surface area contributed by atoms with E-state index in [4.69, 9.17) is 4.74 Å². The Labute approximate surface area is 187 Å². The highest BCUT2D eigenvalue weighted by atomic mass is 19.1. The molecule has 0 radical (unpaired) electrons. The van der Waals surface area contributed by atoms with Crippen LogP contribution in [0.4, 0.5) is 4.39 Å². The Balaban J connectivity index is 2.05. The first kappa shape index (κ1) is 23.5. The minimum atomic E-state index is -0.805. The number of aliphatic hydroxyl groups is 1. The average Bonchev–Trinajstić information content (AvgIpc) is 3.03. The van der Waals surface area contributed by atoms with Crippen LogP contribution in [0.15, 0.2) is 54.1 Å². The summed E-state index contributed by atoms with van der Waals surface area (Å²) in [4.78, 5) is 29.2. The fourth-order valence-electron chi connectivity index (χ4n) is 3.63. The number of aliphatic hydroxyl groups excluding tert-OH is 1. The molecule has 0 saturated carbocycles. The normalized spacial score (nSPS) is 17.9. The van der Waals surface area contributed by atoms with Crippen molar-refractivity contribution < 1.29 is 23.8 Å². The van der Waals surface area contributed by atoms with Gasteiger partial charge in [-0.3, -0.25) is 9.59 Å². The van der Waals surface area contributed by atoms with E-state index in [-0.39, 0.29) is 17.9 Å². The highest BCUT2D eigenvalue weighted by Crippen LogP contribution is 2.39. The molecule has 2 aromatic rings. The van der Waals surface area contributed by atoms with Crippen LogP contribution >= 0.6 is 0 Å². The smallest absolute Gasteiger partial charge is 0.295 e. The first-order valence-corrected chi connectivity index (χ1v) is 10.7. The van der Waals surface area contributed by atoms with Gasteiger partial charge in [-0.15, -0.1) is 0 Å². The molecule has 0 aliphatic carbocycles. The summed E-state index contributed by atoms with van der Waals surface area (Å²) in [6.45, 7) is 3.43. The average molecular weight is 441 g/mol. The Kier molecular flexibility index (Phi) is 7.64. The van der Waals surface area contributed by atoms with Crippen molar-refractivity contribution in [2.75, 3.05) is 33.8 Å². The number of amides is 1. The second-order valence-electron chi connectivity index (χ2n) is 8.08. The summed E-state index contributed by atoms with van der Waals surface area (Å²) in [5.74, 6) is -1.56. The largest absolute Gasteiger partial charge is 0.507 e. The van der Waals surface area contributed by atoms with Gasteiger partial charge in [-0.25, -0.2) is 4.39 Å². The number of nitrogens with zero attached hydrogens (tertiary/aromatic N) is 2. The zero-order valence-corrected chi connectivity index (χ0v) is 18.7. The van der Waals surface area contributed by atoms with Crippen molar-refractivity contribution in [1.29, 1.82) is 0 Å². The molecule has 1 aliphatic heterocycles.